The molecule has 0 saturated carbocycles. The van der Waals surface area contributed by atoms with Crippen LogP contribution in [0.3, 0.4) is 0 Å². The Morgan fingerprint density at radius 1 is 0.925 bits per heavy atom. The minimum Gasteiger partial charge on any atom is -0.497 e. The lowest BCUT2D eigenvalue weighted by molar-refractivity contribution is -0.117. The van der Waals surface area contributed by atoms with Gasteiger partial charge < -0.3 is 18.9 Å². The number of carbonyl (C=O) groups is 1. The van der Waals surface area contributed by atoms with Crippen LogP contribution in [-0.2, 0) is 24.9 Å². The molecule has 3 aromatic carbocycles. The second-order valence-corrected chi connectivity index (χ2v) is 10.2. The third-order valence-corrected chi connectivity index (χ3v) is 7.68. The molecule has 2 heterocycles. The van der Waals surface area contributed by atoms with E-state index in [0.717, 1.165) is 67.4 Å². The zero-order valence-corrected chi connectivity index (χ0v) is 24.0. The highest BCUT2D eigenvalue weighted by atomic mass is 16.5. The fourth-order valence-corrected chi connectivity index (χ4v) is 5.14. The van der Waals surface area contributed by atoms with Gasteiger partial charge in [-0.3, -0.25) is 4.79 Å². The molecule has 5 aromatic rings. The van der Waals surface area contributed by atoms with Gasteiger partial charge in [-0.2, -0.15) is 0 Å². The Labute approximate surface area is 235 Å². The van der Waals surface area contributed by atoms with Gasteiger partial charge in [0.05, 0.1) is 13.5 Å². The molecule has 0 spiro atoms. The van der Waals surface area contributed by atoms with E-state index in [9.17, 15) is 4.79 Å². The van der Waals surface area contributed by atoms with Gasteiger partial charge in [-0.05, 0) is 97.6 Å². The molecule has 5 rings (SSSR count). The fourth-order valence-electron chi connectivity index (χ4n) is 5.14. The quantitative estimate of drug-likeness (QED) is 0.216. The van der Waals surface area contributed by atoms with Crippen molar-refractivity contribution in [1.29, 1.82) is 0 Å². The minimum absolute atomic E-state index is 0.0232. The zero-order chi connectivity index (χ0) is 28.4. The first kappa shape index (κ1) is 27.0. The Bertz CT molecular complexity index is 1690. The molecule has 204 valence electrons. The van der Waals surface area contributed by atoms with Crippen molar-refractivity contribution >= 4 is 22.5 Å². The van der Waals surface area contributed by atoms with Crippen LogP contribution >= 0.6 is 0 Å². The number of fused-ring (bicyclic) bond motifs is 1. The molecule has 0 atom stereocenters. The monoisotopic (exact) mass is 533 g/mol. The minimum atomic E-state index is 0.0232. The van der Waals surface area contributed by atoms with Crippen LogP contribution in [0.1, 0.15) is 28.1 Å². The van der Waals surface area contributed by atoms with E-state index in [0.29, 0.717) is 13.0 Å². The second kappa shape index (κ2) is 11.3. The van der Waals surface area contributed by atoms with Gasteiger partial charge >= 0.3 is 0 Å². The van der Waals surface area contributed by atoms with E-state index in [1.807, 2.05) is 81.7 Å². The smallest absolute Gasteiger partial charge is 0.232 e. The van der Waals surface area contributed by atoms with Crippen LogP contribution in [0.15, 0.2) is 78.9 Å². The largest absolute Gasteiger partial charge is 0.497 e. The maximum Gasteiger partial charge on any atom is 0.232 e. The maximum atomic E-state index is 13.5. The average molecular weight is 534 g/mol. The third kappa shape index (κ3) is 5.30. The summed E-state index contributed by atoms with van der Waals surface area (Å²) in [4.78, 5) is 19.9. The lowest BCUT2D eigenvalue weighted by Gasteiger charge is -2.23. The number of hydrogen-bond donors (Lipinski definition) is 0. The number of anilines is 1. The number of benzene rings is 3. The molecule has 0 radical (unpaired) electrons. The molecule has 0 unspecified atom stereocenters. The first-order valence-electron chi connectivity index (χ1n) is 13.4. The first-order valence-corrected chi connectivity index (χ1v) is 13.4. The Morgan fingerprint density at radius 2 is 1.70 bits per heavy atom. The molecule has 6 nitrogen and oxygen atoms in total. The van der Waals surface area contributed by atoms with Crippen molar-refractivity contribution in [3.8, 4) is 22.8 Å². The third-order valence-electron chi connectivity index (χ3n) is 7.68. The van der Waals surface area contributed by atoms with Gasteiger partial charge in [-0.15, -0.1) is 0 Å². The van der Waals surface area contributed by atoms with Gasteiger partial charge in [0.25, 0.3) is 0 Å². The number of pyridine rings is 1. The van der Waals surface area contributed by atoms with E-state index in [-0.39, 0.29) is 5.91 Å². The number of rotatable bonds is 8. The van der Waals surface area contributed by atoms with E-state index in [1.165, 1.54) is 0 Å². The van der Waals surface area contributed by atoms with Crippen LogP contribution in [0.25, 0.3) is 22.2 Å². The molecule has 0 fully saturated rings. The van der Waals surface area contributed by atoms with E-state index in [2.05, 4.69) is 36.6 Å². The maximum absolute atomic E-state index is 13.5. The fraction of sp³-hybridized carbons (Fsp3) is 0.235. The van der Waals surface area contributed by atoms with Gasteiger partial charge in [0.1, 0.15) is 23.6 Å². The molecule has 0 aliphatic rings. The number of methoxy groups -OCH3 is 1. The summed E-state index contributed by atoms with van der Waals surface area (Å²) in [5.41, 5.74) is 9.00. The standard InChI is InChI=1S/C34H35N3O3/c1-22-10-18-30(24(3)29(22)21-40-32-9-7-8-26-12-11-23(2)35-34(26)32)37(5)33(38)20-27-15-19-31(36(27)4)25-13-16-28(39-6)17-14-25/h7-19H,20-21H2,1-6H3. The summed E-state index contributed by atoms with van der Waals surface area (Å²) in [6, 6.07) is 26.2. The number of carbonyl (C=O) groups excluding carboxylic acids is 1. The number of ether oxygens (including phenoxy) is 2. The molecule has 1 amide bonds. The van der Waals surface area contributed by atoms with Gasteiger partial charge in [0.15, 0.2) is 0 Å². The van der Waals surface area contributed by atoms with Crippen LogP contribution in [0.2, 0.25) is 0 Å². The molecule has 40 heavy (non-hydrogen) atoms. The number of para-hydroxylation sites is 1. The summed E-state index contributed by atoms with van der Waals surface area (Å²) in [6.07, 6.45) is 0.295. The molecule has 0 N–H and O–H groups in total. The number of aromatic nitrogens is 2. The number of likely N-dealkylation sites (N-methyl/N-ethyl adjacent to an activating group) is 1. The molecule has 0 saturated heterocycles. The predicted molar refractivity (Wildman–Crippen MR) is 161 cm³/mol. The van der Waals surface area contributed by atoms with Crippen LogP contribution < -0.4 is 14.4 Å². The number of amides is 1. The van der Waals surface area contributed by atoms with Gasteiger partial charge in [-0.25, -0.2) is 4.98 Å². The average Bonchev–Trinajstić information content (AvgIpc) is 3.32. The van der Waals surface area contributed by atoms with Crippen molar-refractivity contribution in [3.63, 3.8) is 0 Å². The molecule has 6 heteroatoms. The zero-order valence-electron chi connectivity index (χ0n) is 24.0. The van der Waals surface area contributed by atoms with Crippen molar-refractivity contribution in [2.24, 2.45) is 7.05 Å². The van der Waals surface area contributed by atoms with Gasteiger partial charge in [-0.1, -0.05) is 24.3 Å². The van der Waals surface area contributed by atoms with E-state index >= 15 is 0 Å². The summed E-state index contributed by atoms with van der Waals surface area (Å²) < 4.78 is 13.7. The van der Waals surface area contributed by atoms with Crippen LogP contribution in [0.4, 0.5) is 5.69 Å². The van der Waals surface area contributed by atoms with E-state index in [4.69, 9.17) is 14.5 Å². The van der Waals surface area contributed by atoms with Crippen molar-refractivity contribution in [2.75, 3.05) is 19.1 Å². The predicted octanol–water partition coefficient (Wildman–Crippen LogP) is 6.96. The molecular formula is C34H35N3O3. The lowest BCUT2D eigenvalue weighted by atomic mass is 10.0. The Kier molecular flexibility index (Phi) is 7.60. The lowest BCUT2D eigenvalue weighted by Crippen LogP contribution is -2.29. The van der Waals surface area contributed by atoms with Crippen molar-refractivity contribution in [3.05, 3.63) is 107 Å². The molecule has 2 aromatic heterocycles. The molecule has 0 bridgehead atoms. The molecule has 0 aliphatic heterocycles. The topological polar surface area (TPSA) is 56.6 Å². The summed E-state index contributed by atoms with van der Waals surface area (Å²) in [5, 5.41) is 1.05. The van der Waals surface area contributed by atoms with Crippen molar-refractivity contribution in [1.82, 2.24) is 9.55 Å². The van der Waals surface area contributed by atoms with Crippen LogP contribution in [-0.4, -0.2) is 29.6 Å². The number of aryl methyl sites for hydroxylation is 2. The molecular weight excluding hydrogens is 498 g/mol. The van der Waals surface area contributed by atoms with Gasteiger partial charge in [0.2, 0.25) is 5.91 Å². The number of nitrogens with zero attached hydrogens (tertiary/aromatic N) is 3. The second-order valence-electron chi connectivity index (χ2n) is 10.2. The van der Waals surface area contributed by atoms with Crippen LogP contribution in [0, 0.1) is 20.8 Å². The first-order chi connectivity index (χ1) is 19.3. The Morgan fingerprint density at radius 3 is 2.45 bits per heavy atom. The van der Waals surface area contributed by atoms with Gasteiger partial charge in [0, 0.05) is 42.3 Å². The SMILES string of the molecule is COc1ccc(-c2ccc(CC(=O)N(C)c3ccc(C)c(COc4cccc5ccc(C)nc45)c3C)n2C)cc1. The summed E-state index contributed by atoms with van der Waals surface area (Å²) in [7, 11) is 5.50. The summed E-state index contributed by atoms with van der Waals surface area (Å²) in [5.74, 6) is 1.60. The molecule has 0 aliphatic carbocycles. The Hall–Kier alpha value is -4.58. The number of hydrogen-bond acceptors (Lipinski definition) is 4. The summed E-state index contributed by atoms with van der Waals surface area (Å²) >= 11 is 0. The highest BCUT2D eigenvalue weighted by Gasteiger charge is 2.19. The highest BCUT2D eigenvalue weighted by molar-refractivity contribution is 5.95. The van der Waals surface area contributed by atoms with Crippen LogP contribution in [0.5, 0.6) is 11.5 Å². The van der Waals surface area contributed by atoms with E-state index < -0.39 is 0 Å². The normalized spacial score (nSPS) is 11.1. The van der Waals surface area contributed by atoms with E-state index in [1.54, 1.807) is 12.0 Å². The highest BCUT2D eigenvalue weighted by Crippen LogP contribution is 2.30. The Balaban J connectivity index is 1.34. The van der Waals surface area contributed by atoms with Crippen molar-refractivity contribution in [2.45, 2.75) is 33.8 Å². The van der Waals surface area contributed by atoms with Crippen molar-refractivity contribution < 1.29 is 14.3 Å². The summed E-state index contributed by atoms with van der Waals surface area (Å²) in [6.45, 7) is 6.51.